The highest BCUT2D eigenvalue weighted by Crippen LogP contribution is 2.28. The van der Waals surface area contributed by atoms with Gasteiger partial charge in [-0.25, -0.2) is 0 Å². The Kier molecular flexibility index (Phi) is 10.0. The van der Waals surface area contributed by atoms with E-state index in [1.807, 2.05) is 54.6 Å². The van der Waals surface area contributed by atoms with Gasteiger partial charge in [0, 0.05) is 22.7 Å². The predicted octanol–water partition coefficient (Wildman–Crippen LogP) is 10.4. The summed E-state index contributed by atoms with van der Waals surface area (Å²) in [5, 5.41) is 26.8. The fraction of sp³-hybridized carbons (Fsp3) is 0. The summed E-state index contributed by atoms with van der Waals surface area (Å²) in [5.41, 5.74) is 14.5. The highest BCUT2D eigenvalue weighted by Gasteiger charge is 2.28. The van der Waals surface area contributed by atoms with Crippen LogP contribution in [0.25, 0.3) is 33.4 Å². The lowest BCUT2D eigenvalue weighted by Gasteiger charge is -2.24. The lowest BCUT2D eigenvalue weighted by molar-refractivity contribution is 1.43. The molecule has 0 atom stereocenters. The molecule has 4 nitrogen and oxygen atoms in total. The molecule has 0 aliphatic rings. The van der Waals surface area contributed by atoms with Crippen molar-refractivity contribution in [3.05, 3.63) is 211 Å². The molecule has 0 saturated heterocycles. The van der Waals surface area contributed by atoms with Gasteiger partial charge in [0.1, 0.15) is 12.1 Å². The molecule has 8 rings (SSSR count). The number of hydrogen-bond donors (Lipinski definition) is 2. The van der Waals surface area contributed by atoms with Crippen LogP contribution in [-0.4, -0.2) is 6.71 Å². The first-order valence-electron chi connectivity index (χ1n) is 18.2. The second-order valence-corrected chi connectivity index (χ2v) is 13.4. The molecular weight excluding hydrogens is 667 g/mol. The molecule has 55 heavy (non-hydrogen) atoms. The number of hydrogen-bond acceptors (Lipinski definition) is 4. The van der Waals surface area contributed by atoms with E-state index in [9.17, 15) is 10.5 Å². The molecule has 258 valence electrons. The zero-order chi connectivity index (χ0) is 37.4. The molecule has 0 spiro atoms. The third-order valence-electron chi connectivity index (χ3n) is 9.89. The van der Waals surface area contributed by atoms with Crippen LogP contribution in [0.3, 0.4) is 0 Å². The van der Waals surface area contributed by atoms with Crippen molar-refractivity contribution >= 4 is 45.9 Å². The molecule has 0 unspecified atom stereocenters. The molecule has 0 aromatic heterocycles. The molecule has 5 heteroatoms. The van der Waals surface area contributed by atoms with Gasteiger partial charge in [-0.2, -0.15) is 10.5 Å². The number of nitrogens with one attached hydrogen (secondary N) is 2. The van der Waals surface area contributed by atoms with Crippen LogP contribution in [0.5, 0.6) is 0 Å². The van der Waals surface area contributed by atoms with E-state index in [1.165, 1.54) is 0 Å². The van der Waals surface area contributed by atoms with Gasteiger partial charge < -0.3 is 10.6 Å². The van der Waals surface area contributed by atoms with Crippen molar-refractivity contribution in [2.45, 2.75) is 0 Å². The first kappa shape index (κ1) is 34.5. The maximum atomic E-state index is 9.72. The van der Waals surface area contributed by atoms with E-state index in [4.69, 9.17) is 0 Å². The first-order valence-corrected chi connectivity index (χ1v) is 18.2. The van der Waals surface area contributed by atoms with Crippen LogP contribution in [0.4, 0.5) is 22.7 Å². The van der Waals surface area contributed by atoms with E-state index in [1.54, 1.807) is 12.1 Å². The molecule has 0 saturated carbocycles. The molecule has 0 radical (unpaired) electrons. The van der Waals surface area contributed by atoms with E-state index in [2.05, 4.69) is 156 Å². The van der Waals surface area contributed by atoms with Crippen LogP contribution < -0.4 is 27.0 Å². The minimum atomic E-state index is -0.197. The van der Waals surface area contributed by atoms with Gasteiger partial charge in [-0.15, -0.1) is 0 Å². The van der Waals surface area contributed by atoms with Crippen molar-refractivity contribution in [3.63, 3.8) is 0 Å². The Morgan fingerprint density at radius 3 is 1.18 bits per heavy atom. The molecule has 0 amide bonds. The van der Waals surface area contributed by atoms with E-state index in [-0.39, 0.29) is 6.71 Å². The van der Waals surface area contributed by atoms with Crippen molar-refractivity contribution < 1.29 is 0 Å². The Labute approximate surface area is 322 Å². The number of para-hydroxylation sites is 2. The van der Waals surface area contributed by atoms with Crippen molar-refractivity contribution in [1.82, 2.24) is 0 Å². The fourth-order valence-electron chi connectivity index (χ4n) is 7.12. The van der Waals surface area contributed by atoms with E-state index >= 15 is 0 Å². The monoisotopic (exact) mass is 702 g/mol. The van der Waals surface area contributed by atoms with Gasteiger partial charge in [-0.3, -0.25) is 0 Å². The van der Waals surface area contributed by atoms with Gasteiger partial charge in [0.05, 0.1) is 11.1 Å². The Morgan fingerprint density at radius 2 is 0.727 bits per heavy atom. The van der Waals surface area contributed by atoms with Crippen molar-refractivity contribution in [1.29, 1.82) is 10.5 Å². The average Bonchev–Trinajstić information content (AvgIpc) is 3.26. The lowest BCUT2D eigenvalue weighted by atomic mass is 9.36. The topological polar surface area (TPSA) is 71.6 Å². The summed E-state index contributed by atoms with van der Waals surface area (Å²) >= 11 is 0. The maximum Gasteiger partial charge on any atom is 0.246 e. The molecule has 0 heterocycles. The fourth-order valence-corrected chi connectivity index (χ4v) is 7.12. The third kappa shape index (κ3) is 7.64. The van der Waals surface area contributed by atoms with Gasteiger partial charge in [0.25, 0.3) is 0 Å². The van der Waals surface area contributed by atoms with Gasteiger partial charge in [-0.05, 0) is 92.8 Å². The zero-order valence-corrected chi connectivity index (χ0v) is 30.0. The van der Waals surface area contributed by atoms with Crippen LogP contribution in [0.15, 0.2) is 200 Å². The summed E-state index contributed by atoms with van der Waals surface area (Å²) in [7, 11) is 0. The smallest absolute Gasteiger partial charge is 0.246 e. The Hall–Kier alpha value is -7.60. The highest BCUT2D eigenvalue weighted by atomic mass is 14.9. The molecule has 0 aliphatic heterocycles. The molecule has 0 fully saturated rings. The van der Waals surface area contributed by atoms with E-state index in [0.717, 1.165) is 72.5 Å². The summed E-state index contributed by atoms with van der Waals surface area (Å²) in [6, 6.07) is 73.3. The average molecular weight is 703 g/mol. The van der Waals surface area contributed by atoms with Crippen molar-refractivity contribution in [3.8, 4) is 45.5 Å². The minimum absolute atomic E-state index is 0.197. The van der Waals surface area contributed by atoms with Gasteiger partial charge >= 0.3 is 0 Å². The number of rotatable bonds is 10. The molecule has 0 aliphatic carbocycles. The molecule has 0 bridgehead atoms. The summed E-state index contributed by atoms with van der Waals surface area (Å²) in [5.74, 6) is 0. The predicted molar refractivity (Wildman–Crippen MR) is 229 cm³/mol. The second-order valence-electron chi connectivity index (χ2n) is 13.4. The number of anilines is 4. The lowest BCUT2D eigenvalue weighted by Crippen LogP contribution is -2.53. The highest BCUT2D eigenvalue weighted by molar-refractivity contribution is 6.97. The maximum absolute atomic E-state index is 9.72. The molecule has 8 aromatic rings. The Balaban J connectivity index is 1.33. The quantitative estimate of drug-likeness (QED) is 0.139. The summed E-state index contributed by atoms with van der Waals surface area (Å²) in [6.45, 7) is -0.197. The van der Waals surface area contributed by atoms with Gasteiger partial charge in [0.2, 0.25) is 6.71 Å². The SMILES string of the molecule is N#Cc1ccc(-c2ccc(B(c3ccc(-c4ccccc4)cc3Nc3ccccc3)c3ccc(-c4ccccc4)cc3Nc3ccccc3)cc2)cc1C#N. The van der Waals surface area contributed by atoms with Crippen LogP contribution >= 0.6 is 0 Å². The van der Waals surface area contributed by atoms with Crippen LogP contribution in [0.1, 0.15) is 11.1 Å². The zero-order valence-electron chi connectivity index (χ0n) is 30.0. The van der Waals surface area contributed by atoms with Crippen LogP contribution in [0.2, 0.25) is 0 Å². The Bertz CT molecular complexity index is 2520. The normalized spacial score (nSPS) is 10.5. The van der Waals surface area contributed by atoms with Gasteiger partial charge in [-0.1, -0.05) is 157 Å². The number of nitrogens with zero attached hydrogens (tertiary/aromatic N) is 2. The Morgan fingerprint density at radius 1 is 0.345 bits per heavy atom. The van der Waals surface area contributed by atoms with Crippen LogP contribution in [0, 0.1) is 22.7 Å². The van der Waals surface area contributed by atoms with Gasteiger partial charge in [0.15, 0.2) is 0 Å². The minimum Gasteiger partial charge on any atom is -0.356 e. The van der Waals surface area contributed by atoms with Crippen molar-refractivity contribution in [2.75, 3.05) is 10.6 Å². The number of nitriles is 2. The molecule has 2 N–H and O–H groups in total. The largest absolute Gasteiger partial charge is 0.356 e. The summed E-state index contributed by atoms with van der Waals surface area (Å²) < 4.78 is 0. The molecular formula is C50H35BN4. The van der Waals surface area contributed by atoms with Crippen molar-refractivity contribution in [2.24, 2.45) is 0 Å². The summed E-state index contributed by atoms with van der Waals surface area (Å²) in [4.78, 5) is 0. The third-order valence-corrected chi connectivity index (χ3v) is 9.89. The summed E-state index contributed by atoms with van der Waals surface area (Å²) in [6.07, 6.45) is 0. The van der Waals surface area contributed by atoms with E-state index in [0.29, 0.717) is 11.1 Å². The van der Waals surface area contributed by atoms with Crippen LogP contribution in [-0.2, 0) is 0 Å². The standard InChI is InChI=1S/C50H35BN4/c52-34-42-22-21-39(31-43(42)35-53)38-23-27-44(28-24-38)51(47-29-25-40(36-13-5-1-6-14-36)32-49(47)54-45-17-9-3-10-18-45)48-30-26-41(37-15-7-2-8-16-37)33-50(48)55-46-19-11-4-12-20-46/h1-33,54-55H. The van der Waals surface area contributed by atoms with E-state index < -0.39 is 0 Å². The second kappa shape index (κ2) is 16.0. The number of benzene rings is 8. The first-order chi connectivity index (χ1) is 27.2. The molecule has 8 aromatic carbocycles.